The highest BCUT2D eigenvalue weighted by molar-refractivity contribution is 6.12. The molecule has 0 aliphatic carbocycles. The molecule has 0 bridgehead atoms. The van der Waals surface area contributed by atoms with Crippen molar-refractivity contribution in [2.24, 2.45) is 10.2 Å². The summed E-state index contributed by atoms with van der Waals surface area (Å²) >= 11 is 0. The van der Waals surface area contributed by atoms with E-state index in [9.17, 15) is 9.59 Å². The predicted octanol–water partition coefficient (Wildman–Crippen LogP) is 3.69. The van der Waals surface area contributed by atoms with E-state index in [0.717, 1.165) is 11.1 Å². The summed E-state index contributed by atoms with van der Waals surface area (Å²) in [4.78, 5) is 33.5. The number of aromatic nitrogens is 2. The van der Waals surface area contributed by atoms with Crippen LogP contribution in [0.15, 0.2) is 120 Å². The Kier molecular flexibility index (Phi) is 8.37. The molecule has 0 aliphatic heterocycles. The summed E-state index contributed by atoms with van der Waals surface area (Å²) < 4.78 is 0. The van der Waals surface area contributed by atoms with E-state index in [1.165, 1.54) is 0 Å². The number of pyridine rings is 2. The van der Waals surface area contributed by atoms with Gasteiger partial charge in [-0.2, -0.15) is 10.2 Å². The summed E-state index contributed by atoms with van der Waals surface area (Å²) in [6.45, 7) is 0. The molecule has 0 unspecified atom stereocenters. The molecule has 0 spiro atoms. The van der Waals surface area contributed by atoms with Crippen LogP contribution in [0.5, 0.6) is 0 Å². The van der Waals surface area contributed by atoms with E-state index in [1.807, 2.05) is 97.1 Å². The number of hydrogen-bond donors (Lipinski definition) is 2. The first-order valence-corrected chi connectivity index (χ1v) is 11.4. The molecule has 178 valence electrons. The van der Waals surface area contributed by atoms with Gasteiger partial charge in [0.05, 0.1) is 11.4 Å². The van der Waals surface area contributed by atoms with Crippen molar-refractivity contribution in [2.75, 3.05) is 0 Å². The zero-order chi connectivity index (χ0) is 25.0. The average Bonchev–Trinajstić information content (AvgIpc) is 2.94. The van der Waals surface area contributed by atoms with Crippen molar-refractivity contribution >= 4 is 23.2 Å². The number of rotatable bonds is 9. The molecule has 2 amide bonds. The van der Waals surface area contributed by atoms with Crippen molar-refractivity contribution in [3.8, 4) is 0 Å². The van der Waals surface area contributed by atoms with Gasteiger partial charge >= 0.3 is 0 Å². The van der Waals surface area contributed by atoms with E-state index in [1.54, 1.807) is 12.4 Å². The maximum Gasteiger partial charge on any atom is 0.240 e. The van der Waals surface area contributed by atoms with Gasteiger partial charge in [-0.3, -0.25) is 19.6 Å². The predicted molar refractivity (Wildman–Crippen MR) is 138 cm³/mol. The number of benzene rings is 2. The molecule has 0 saturated carbocycles. The van der Waals surface area contributed by atoms with E-state index in [0.29, 0.717) is 22.8 Å². The molecule has 2 aromatic heterocycles. The van der Waals surface area contributed by atoms with Crippen LogP contribution in [0.25, 0.3) is 0 Å². The molecular formula is C28H24N6O2. The number of hydrogen-bond acceptors (Lipinski definition) is 6. The minimum Gasteiger partial charge on any atom is -0.273 e. The van der Waals surface area contributed by atoms with Crippen molar-refractivity contribution in [2.45, 2.75) is 12.8 Å². The first kappa shape index (κ1) is 24.2. The molecule has 8 nitrogen and oxygen atoms in total. The lowest BCUT2D eigenvalue weighted by Gasteiger charge is -2.08. The molecule has 8 heteroatoms. The molecular weight excluding hydrogens is 452 g/mol. The minimum atomic E-state index is -0.397. The fourth-order valence-corrected chi connectivity index (χ4v) is 3.31. The lowest BCUT2D eigenvalue weighted by Crippen LogP contribution is -2.25. The third kappa shape index (κ3) is 6.77. The Bertz CT molecular complexity index is 1150. The average molecular weight is 477 g/mol. The number of carbonyl (C=O) groups is 2. The van der Waals surface area contributed by atoms with Gasteiger partial charge in [0.1, 0.15) is 11.4 Å². The maximum atomic E-state index is 12.4. The van der Waals surface area contributed by atoms with Crippen LogP contribution in [-0.2, 0) is 9.59 Å². The second kappa shape index (κ2) is 12.5. The monoisotopic (exact) mass is 476 g/mol. The second-order valence-corrected chi connectivity index (χ2v) is 7.65. The number of hydrazone groups is 2. The van der Waals surface area contributed by atoms with Crippen molar-refractivity contribution in [1.82, 2.24) is 20.8 Å². The van der Waals surface area contributed by atoms with E-state index in [4.69, 9.17) is 0 Å². The van der Waals surface area contributed by atoms with Crippen LogP contribution in [-0.4, -0.2) is 33.2 Å². The fourth-order valence-electron chi connectivity index (χ4n) is 3.31. The molecule has 0 aliphatic rings. The number of nitrogens with zero attached hydrogens (tertiary/aromatic N) is 4. The fraction of sp³-hybridized carbons (Fsp3) is 0.0714. The third-order valence-corrected chi connectivity index (χ3v) is 5.07. The smallest absolute Gasteiger partial charge is 0.240 e. The Labute approximate surface area is 208 Å². The summed E-state index contributed by atoms with van der Waals surface area (Å²) in [5, 5.41) is 8.57. The van der Waals surface area contributed by atoms with Crippen LogP contribution in [0, 0.1) is 0 Å². The molecule has 36 heavy (non-hydrogen) atoms. The lowest BCUT2D eigenvalue weighted by atomic mass is 10.1. The number of nitrogens with one attached hydrogen (secondary N) is 2. The Balaban J connectivity index is 1.39. The van der Waals surface area contributed by atoms with Gasteiger partial charge in [-0.25, -0.2) is 10.9 Å². The quantitative estimate of drug-likeness (QED) is 0.284. The van der Waals surface area contributed by atoms with Crippen LogP contribution in [0.3, 0.4) is 0 Å². The molecule has 2 heterocycles. The first-order chi connectivity index (χ1) is 17.7. The van der Waals surface area contributed by atoms with Gasteiger partial charge in [-0.1, -0.05) is 72.8 Å². The normalized spacial score (nSPS) is 11.6. The molecule has 4 rings (SSSR count). The topological polar surface area (TPSA) is 109 Å². The van der Waals surface area contributed by atoms with Crippen molar-refractivity contribution < 1.29 is 9.59 Å². The second-order valence-electron chi connectivity index (χ2n) is 7.65. The van der Waals surface area contributed by atoms with Crippen LogP contribution >= 0.6 is 0 Å². The van der Waals surface area contributed by atoms with E-state index < -0.39 is 11.8 Å². The third-order valence-electron chi connectivity index (χ3n) is 5.07. The zero-order valence-corrected chi connectivity index (χ0v) is 19.4. The van der Waals surface area contributed by atoms with Crippen molar-refractivity contribution in [3.63, 3.8) is 0 Å². The molecule has 2 N–H and O–H groups in total. The van der Waals surface area contributed by atoms with E-state index in [-0.39, 0.29) is 12.8 Å². The molecule has 0 saturated heterocycles. The first-order valence-electron chi connectivity index (χ1n) is 11.4. The summed E-state index contributed by atoms with van der Waals surface area (Å²) in [5.41, 5.74) is 9.00. The summed E-state index contributed by atoms with van der Waals surface area (Å²) in [6, 6.07) is 29.8. The number of carbonyl (C=O) groups excluding carboxylic acids is 2. The maximum absolute atomic E-state index is 12.4. The Morgan fingerprint density at radius 2 is 0.944 bits per heavy atom. The van der Waals surface area contributed by atoms with Gasteiger partial charge in [-0.15, -0.1) is 0 Å². The zero-order valence-electron chi connectivity index (χ0n) is 19.4. The highest BCUT2D eigenvalue weighted by Gasteiger charge is 2.12. The standard InChI is InChI=1S/C28H24N6O2/c35-25(31-33-27(21-11-3-1-4-12-21)23-15-7-9-19-29-23)17-18-26(36)32-34-28(22-13-5-2-6-14-22)24-16-8-10-20-30-24/h1-16,19-20H,17-18H2,(H,31,35)(H,32,36). The van der Waals surface area contributed by atoms with Crippen LogP contribution in [0.1, 0.15) is 35.4 Å². The highest BCUT2D eigenvalue weighted by Crippen LogP contribution is 2.09. The minimum absolute atomic E-state index is 0.0562. The van der Waals surface area contributed by atoms with Gasteiger partial charge in [-0.05, 0) is 24.3 Å². The summed E-state index contributed by atoms with van der Waals surface area (Å²) in [5.74, 6) is -0.794. The summed E-state index contributed by atoms with van der Waals surface area (Å²) in [7, 11) is 0. The van der Waals surface area contributed by atoms with E-state index in [2.05, 4.69) is 31.0 Å². The van der Waals surface area contributed by atoms with Gasteiger partial charge in [0, 0.05) is 36.4 Å². The van der Waals surface area contributed by atoms with E-state index >= 15 is 0 Å². The largest absolute Gasteiger partial charge is 0.273 e. The Morgan fingerprint density at radius 3 is 1.31 bits per heavy atom. The van der Waals surface area contributed by atoms with Gasteiger partial charge < -0.3 is 0 Å². The van der Waals surface area contributed by atoms with Gasteiger partial charge in [0.2, 0.25) is 11.8 Å². The highest BCUT2D eigenvalue weighted by atomic mass is 16.2. The number of amides is 2. The molecule has 0 fully saturated rings. The van der Waals surface area contributed by atoms with Gasteiger partial charge in [0.15, 0.2) is 0 Å². The lowest BCUT2D eigenvalue weighted by molar-refractivity contribution is -0.126. The Hall–Kier alpha value is -4.98. The Morgan fingerprint density at radius 1 is 0.556 bits per heavy atom. The molecule has 0 radical (unpaired) electrons. The molecule has 2 aromatic carbocycles. The molecule has 0 atom stereocenters. The van der Waals surface area contributed by atoms with Gasteiger partial charge in [0.25, 0.3) is 0 Å². The summed E-state index contributed by atoms with van der Waals surface area (Å²) in [6.07, 6.45) is 3.21. The SMILES string of the molecule is O=C(CCC(=O)NN=C(c1ccccc1)c1ccccn1)NN=C(c1ccccc1)c1ccccn1. The van der Waals surface area contributed by atoms with Crippen LogP contribution in [0.2, 0.25) is 0 Å². The van der Waals surface area contributed by atoms with Crippen molar-refractivity contribution in [1.29, 1.82) is 0 Å². The van der Waals surface area contributed by atoms with Crippen LogP contribution < -0.4 is 10.9 Å². The molecule has 4 aromatic rings. The van der Waals surface area contributed by atoms with Crippen molar-refractivity contribution in [3.05, 3.63) is 132 Å². The van der Waals surface area contributed by atoms with Crippen LogP contribution in [0.4, 0.5) is 0 Å².